The van der Waals surface area contributed by atoms with Crippen LogP contribution in [0.1, 0.15) is 18.7 Å². The van der Waals surface area contributed by atoms with E-state index in [4.69, 9.17) is 15.3 Å². The van der Waals surface area contributed by atoms with Crippen molar-refractivity contribution >= 4 is 27.3 Å². The van der Waals surface area contributed by atoms with Crippen molar-refractivity contribution in [3.8, 4) is 0 Å². The first-order chi connectivity index (χ1) is 8.22. The van der Waals surface area contributed by atoms with E-state index in [9.17, 15) is 0 Å². The van der Waals surface area contributed by atoms with E-state index < -0.39 is 0 Å². The number of hydrazine groups is 1. The maximum atomic E-state index is 5.58. The maximum absolute atomic E-state index is 5.58. The van der Waals surface area contributed by atoms with Gasteiger partial charge in [-0.05, 0) is 41.2 Å². The highest BCUT2D eigenvalue weighted by Crippen LogP contribution is 2.25. The molecule has 0 saturated carbocycles. The summed E-state index contributed by atoms with van der Waals surface area (Å²) in [6.45, 7) is 5.10. The largest absolute Gasteiger partial charge is 0.351 e. The van der Waals surface area contributed by atoms with E-state index >= 15 is 0 Å². The van der Waals surface area contributed by atoms with Crippen LogP contribution in [0.25, 0.3) is 0 Å². The third-order valence-corrected chi connectivity index (χ3v) is 4.25. The molecule has 1 rings (SSSR count). The van der Waals surface area contributed by atoms with E-state index in [1.165, 1.54) is 4.88 Å². The molecular formula is C11H19BrN2O2S. The van der Waals surface area contributed by atoms with Crippen molar-refractivity contribution in [1.82, 2.24) is 5.43 Å². The zero-order valence-electron chi connectivity index (χ0n) is 10.1. The number of nitrogens with two attached hydrogens (primary N) is 1. The van der Waals surface area contributed by atoms with Crippen LogP contribution >= 0.6 is 27.3 Å². The molecule has 0 aromatic carbocycles. The summed E-state index contributed by atoms with van der Waals surface area (Å²) in [5.41, 5.74) is 2.77. The Bertz CT molecular complexity index is 316. The van der Waals surface area contributed by atoms with Crippen LogP contribution in [0.4, 0.5) is 0 Å². The molecule has 0 amide bonds. The first kappa shape index (κ1) is 15.1. The number of ether oxygens (including phenoxy) is 2. The molecule has 1 aromatic heterocycles. The fourth-order valence-electron chi connectivity index (χ4n) is 1.51. The summed E-state index contributed by atoms with van der Waals surface area (Å²) >= 11 is 5.20. The zero-order valence-corrected chi connectivity index (χ0v) is 12.5. The van der Waals surface area contributed by atoms with Gasteiger partial charge in [0, 0.05) is 29.0 Å². The van der Waals surface area contributed by atoms with Gasteiger partial charge in [-0.1, -0.05) is 0 Å². The lowest BCUT2D eigenvalue weighted by molar-refractivity contribution is -0.153. The Morgan fingerprint density at radius 3 is 2.47 bits per heavy atom. The topological polar surface area (TPSA) is 56.5 Å². The molecule has 1 atom stereocenters. The van der Waals surface area contributed by atoms with Gasteiger partial charge in [-0.15, -0.1) is 11.3 Å². The Kier molecular flexibility index (Phi) is 7.26. The van der Waals surface area contributed by atoms with Gasteiger partial charge >= 0.3 is 0 Å². The van der Waals surface area contributed by atoms with Crippen LogP contribution in [0.15, 0.2) is 15.9 Å². The van der Waals surface area contributed by atoms with Crippen LogP contribution in [-0.4, -0.2) is 25.5 Å². The van der Waals surface area contributed by atoms with Gasteiger partial charge < -0.3 is 9.47 Å². The van der Waals surface area contributed by atoms with Crippen molar-refractivity contribution in [3.05, 3.63) is 20.8 Å². The first-order valence-electron chi connectivity index (χ1n) is 5.64. The quantitative estimate of drug-likeness (QED) is 0.438. The van der Waals surface area contributed by atoms with Gasteiger partial charge in [-0.25, -0.2) is 0 Å². The third kappa shape index (κ3) is 4.65. The fraction of sp³-hybridized carbons (Fsp3) is 0.636. The summed E-state index contributed by atoms with van der Waals surface area (Å²) in [6, 6.07) is 1.98. The number of thiophene rings is 1. The van der Waals surface area contributed by atoms with Gasteiger partial charge in [0.2, 0.25) is 0 Å². The predicted octanol–water partition coefficient (Wildman–Crippen LogP) is 2.28. The van der Waals surface area contributed by atoms with Crippen molar-refractivity contribution in [2.24, 2.45) is 5.84 Å². The van der Waals surface area contributed by atoms with Crippen molar-refractivity contribution in [2.45, 2.75) is 32.6 Å². The van der Waals surface area contributed by atoms with E-state index in [0.29, 0.717) is 13.2 Å². The summed E-state index contributed by atoms with van der Waals surface area (Å²) in [4.78, 5) is 1.23. The van der Waals surface area contributed by atoms with Gasteiger partial charge in [0.25, 0.3) is 0 Å². The highest BCUT2D eigenvalue weighted by molar-refractivity contribution is 9.10. The van der Waals surface area contributed by atoms with Crippen LogP contribution < -0.4 is 11.3 Å². The van der Waals surface area contributed by atoms with Gasteiger partial charge in [0.1, 0.15) is 0 Å². The number of hydrogen-bond acceptors (Lipinski definition) is 5. The number of hydrogen-bond donors (Lipinski definition) is 2. The molecule has 0 saturated heterocycles. The Hall–Kier alpha value is 0.0200. The Balaban J connectivity index is 2.64. The molecule has 0 radical (unpaired) electrons. The van der Waals surface area contributed by atoms with E-state index in [1.54, 1.807) is 11.3 Å². The van der Waals surface area contributed by atoms with Crippen LogP contribution in [-0.2, 0) is 15.9 Å². The average Bonchev–Trinajstić information content (AvgIpc) is 2.71. The Labute approximate surface area is 115 Å². The lowest BCUT2D eigenvalue weighted by Crippen LogP contribution is -2.47. The van der Waals surface area contributed by atoms with Crippen LogP contribution in [0.3, 0.4) is 0 Å². The molecule has 0 spiro atoms. The molecule has 0 bridgehead atoms. The van der Waals surface area contributed by atoms with Crippen LogP contribution in [0.5, 0.6) is 0 Å². The predicted molar refractivity (Wildman–Crippen MR) is 73.9 cm³/mol. The van der Waals surface area contributed by atoms with E-state index in [1.807, 2.05) is 25.3 Å². The fourth-order valence-corrected chi connectivity index (χ4v) is 3.09. The summed E-state index contributed by atoms with van der Waals surface area (Å²) in [7, 11) is 0. The van der Waals surface area contributed by atoms with Gasteiger partial charge in [0.05, 0.1) is 6.04 Å². The lowest BCUT2D eigenvalue weighted by Gasteiger charge is -2.25. The smallest absolute Gasteiger partial charge is 0.174 e. The molecule has 3 N–H and O–H groups in total. The van der Waals surface area contributed by atoms with Crippen LogP contribution in [0.2, 0.25) is 0 Å². The second kappa shape index (κ2) is 8.18. The standard InChI is InChI=1S/C11H19BrN2O2S/c1-3-15-11(16-4-2)9(14-13)7-10-8(12)5-6-17-10/h5-6,9,11,14H,3-4,7,13H2,1-2H3. The van der Waals surface area contributed by atoms with E-state index in [0.717, 1.165) is 10.9 Å². The average molecular weight is 323 g/mol. The third-order valence-electron chi connectivity index (χ3n) is 2.30. The summed E-state index contributed by atoms with van der Waals surface area (Å²) < 4.78 is 12.2. The molecule has 0 aliphatic heterocycles. The molecule has 1 aromatic rings. The number of nitrogens with one attached hydrogen (secondary N) is 1. The minimum atomic E-state index is -0.316. The van der Waals surface area contributed by atoms with Gasteiger partial charge in [-0.2, -0.15) is 0 Å². The zero-order chi connectivity index (χ0) is 12.7. The second-order valence-corrected chi connectivity index (χ2v) is 5.30. The molecule has 4 nitrogen and oxygen atoms in total. The summed E-state index contributed by atoms with van der Waals surface area (Å²) in [5, 5.41) is 2.04. The molecule has 1 unspecified atom stereocenters. The summed E-state index contributed by atoms with van der Waals surface area (Å²) in [6.07, 6.45) is 0.461. The van der Waals surface area contributed by atoms with E-state index in [-0.39, 0.29) is 12.3 Å². The van der Waals surface area contributed by atoms with Crippen LogP contribution in [0, 0.1) is 0 Å². The van der Waals surface area contributed by atoms with Gasteiger partial charge in [0.15, 0.2) is 6.29 Å². The van der Waals surface area contributed by atoms with Gasteiger partial charge in [-0.3, -0.25) is 11.3 Å². The number of rotatable bonds is 8. The lowest BCUT2D eigenvalue weighted by atomic mass is 10.2. The molecule has 1 heterocycles. The Morgan fingerprint density at radius 2 is 2.06 bits per heavy atom. The van der Waals surface area contributed by atoms with E-state index in [2.05, 4.69) is 21.4 Å². The normalized spacial score (nSPS) is 13.2. The van der Waals surface area contributed by atoms with Crippen molar-refractivity contribution in [1.29, 1.82) is 0 Å². The highest BCUT2D eigenvalue weighted by atomic mass is 79.9. The monoisotopic (exact) mass is 322 g/mol. The molecular weight excluding hydrogens is 304 g/mol. The van der Waals surface area contributed by atoms with Crippen molar-refractivity contribution in [3.63, 3.8) is 0 Å². The second-order valence-electron chi connectivity index (χ2n) is 3.45. The first-order valence-corrected chi connectivity index (χ1v) is 7.31. The minimum absolute atomic E-state index is 0.0511. The molecule has 0 fully saturated rings. The van der Waals surface area contributed by atoms with Crippen molar-refractivity contribution in [2.75, 3.05) is 13.2 Å². The summed E-state index contributed by atoms with van der Waals surface area (Å²) in [5.74, 6) is 5.58. The van der Waals surface area contributed by atoms with Crippen molar-refractivity contribution < 1.29 is 9.47 Å². The molecule has 0 aliphatic carbocycles. The maximum Gasteiger partial charge on any atom is 0.174 e. The minimum Gasteiger partial charge on any atom is -0.351 e. The molecule has 98 valence electrons. The highest BCUT2D eigenvalue weighted by Gasteiger charge is 2.22. The molecule has 17 heavy (non-hydrogen) atoms. The molecule has 0 aliphatic rings. The SMILES string of the molecule is CCOC(OCC)C(Cc1sccc1Br)NN. The molecule has 6 heteroatoms. The Morgan fingerprint density at radius 1 is 1.41 bits per heavy atom. The number of halogens is 1.